The zero-order chi connectivity index (χ0) is 43.8. The first-order chi connectivity index (χ1) is 30.4. The number of piperazine rings is 1. The number of aryl methyl sites for hydroxylation is 1. The van der Waals surface area contributed by atoms with E-state index in [0.29, 0.717) is 24.1 Å². The number of hydrogen-bond acceptors (Lipinski definition) is 12. The van der Waals surface area contributed by atoms with Gasteiger partial charge in [-0.2, -0.15) is 4.98 Å². The molecule has 4 aromatic heterocycles. The summed E-state index contributed by atoms with van der Waals surface area (Å²) in [6.07, 6.45) is 5.99. The summed E-state index contributed by atoms with van der Waals surface area (Å²) in [5.41, 5.74) is 8.61. The van der Waals surface area contributed by atoms with Gasteiger partial charge in [0.25, 0.3) is 0 Å². The number of carbonyl (C=O) groups is 3. The molecule has 0 radical (unpaired) electrons. The van der Waals surface area contributed by atoms with Crippen LogP contribution in [0.1, 0.15) is 80.6 Å². The molecular weight excluding hydrogens is 797 g/mol. The van der Waals surface area contributed by atoms with Crippen LogP contribution in [0.15, 0.2) is 77.7 Å². The third kappa shape index (κ3) is 8.98. The van der Waals surface area contributed by atoms with Crippen molar-refractivity contribution in [1.82, 2.24) is 45.6 Å². The van der Waals surface area contributed by atoms with Crippen LogP contribution in [0.25, 0.3) is 33.5 Å². The van der Waals surface area contributed by atoms with E-state index in [4.69, 9.17) is 9.51 Å². The van der Waals surface area contributed by atoms with E-state index in [-0.39, 0.29) is 29.7 Å². The number of fused-ring (bicyclic) bond motifs is 1. The topological polar surface area (TPSA) is 182 Å². The number of pyridine rings is 1. The Morgan fingerprint density at radius 1 is 0.873 bits per heavy atom. The summed E-state index contributed by atoms with van der Waals surface area (Å²) < 4.78 is 5.25. The lowest BCUT2D eigenvalue weighted by molar-refractivity contribution is -0.120. The molecule has 9 rings (SSSR count). The molecule has 6 aromatic rings. The first-order valence-electron chi connectivity index (χ1n) is 21.9. The molecule has 16 nitrogen and oxygen atoms in total. The molecule has 0 spiro atoms. The number of rotatable bonds is 10. The second kappa shape index (κ2) is 17.2. The predicted molar refractivity (Wildman–Crippen MR) is 242 cm³/mol. The first kappa shape index (κ1) is 41.7. The Morgan fingerprint density at radius 3 is 2.29 bits per heavy atom. The molecule has 3 aliphatic rings. The van der Waals surface area contributed by atoms with Gasteiger partial charge < -0.3 is 24.6 Å². The Kier molecular flexibility index (Phi) is 11.4. The zero-order valence-electron chi connectivity index (χ0n) is 36.5. The summed E-state index contributed by atoms with van der Waals surface area (Å²) in [4.78, 5) is 67.3. The highest BCUT2D eigenvalue weighted by Crippen LogP contribution is 2.33. The molecular formula is C47H54N12O4. The van der Waals surface area contributed by atoms with Crippen molar-refractivity contribution < 1.29 is 18.9 Å². The van der Waals surface area contributed by atoms with Gasteiger partial charge in [0.15, 0.2) is 5.82 Å². The number of hydrogen-bond donors (Lipinski definition) is 3. The number of carbonyl (C=O) groups excluding carboxylic acids is 3. The lowest BCUT2D eigenvalue weighted by Crippen LogP contribution is -2.50. The van der Waals surface area contributed by atoms with Gasteiger partial charge in [-0.05, 0) is 85.7 Å². The Balaban J connectivity index is 0.768. The fourth-order valence-corrected chi connectivity index (χ4v) is 8.88. The van der Waals surface area contributed by atoms with Crippen molar-refractivity contribution in [2.45, 2.75) is 65.3 Å². The van der Waals surface area contributed by atoms with Crippen molar-refractivity contribution in [3.05, 3.63) is 96.0 Å². The van der Waals surface area contributed by atoms with Crippen molar-refractivity contribution >= 4 is 46.1 Å². The maximum atomic E-state index is 12.9. The maximum Gasteiger partial charge on any atom is 0.329 e. The quantitative estimate of drug-likeness (QED) is 0.134. The third-order valence-corrected chi connectivity index (χ3v) is 12.5. The van der Waals surface area contributed by atoms with E-state index in [2.05, 4.69) is 86.8 Å². The number of H-pyrrole nitrogens is 1. The lowest BCUT2D eigenvalue weighted by atomic mass is 9.95. The normalized spacial score (nSPS) is 17.3. The molecule has 3 aliphatic heterocycles. The van der Waals surface area contributed by atoms with Crippen molar-refractivity contribution in [2.75, 3.05) is 67.1 Å². The van der Waals surface area contributed by atoms with Gasteiger partial charge in [0.2, 0.25) is 5.91 Å². The van der Waals surface area contributed by atoms with E-state index in [0.717, 1.165) is 109 Å². The molecule has 16 heteroatoms. The molecule has 63 heavy (non-hydrogen) atoms. The summed E-state index contributed by atoms with van der Waals surface area (Å²) in [6.45, 7) is 17.4. The minimum absolute atomic E-state index is 0.0467. The lowest BCUT2D eigenvalue weighted by Gasteiger charge is -2.40. The molecule has 1 unspecified atom stereocenters. The molecule has 326 valence electrons. The molecule has 0 aliphatic carbocycles. The Bertz CT molecular complexity index is 2620. The average molecular weight is 851 g/mol. The van der Waals surface area contributed by atoms with Crippen molar-refractivity contribution in [3.8, 4) is 22.5 Å². The van der Waals surface area contributed by atoms with Gasteiger partial charge in [-0.15, -0.1) is 0 Å². The smallest absolute Gasteiger partial charge is 0.329 e. The SMILES string of the molecule is Cc1cc(-c2ncnc3[nH]c(-c4ccc(N5CCN(CC6CCN(c7ccc(N8CCC(=O)NC8=O)nc7)CC6)CC5)cc4)cc23)ccc1C(C)NC(=O)c1nc(C(C)(C)C)no1. The molecule has 7 heterocycles. The molecule has 3 saturated heterocycles. The number of aromatic amines is 1. The molecule has 3 fully saturated rings. The summed E-state index contributed by atoms with van der Waals surface area (Å²) in [5, 5.41) is 10.3. The standard InChI is InChI=1S/C47H54N12O4/c1-29-24-33(8-12-36(29)30(2)51-43(61)44-54-45(55-63-44)47(3,4)5)41-37-25-38(52-42(37)50-28-49-41)32-6-9-34(10-7-32)58-22-20-56(21-23-58)27-31-14-17-57(18-15-31)35-11-13-39(48-26-35)59-19-16-40(60)53-46(59)62/h6-13,24-26,28,30-31H,14-23,27H2,1-5H3,(H,51,61)(H,49,50,52)(H,53,60,62). The highest BCUT2D eigenvalue weighted by atomic mass is 16.5. The van der Waals surface area contributed by atoms with Gasteiger partial charge in [-0.3, -0.25) is 24.7 Å². The number of nitrogens with zero attached hydrogens (tertiary/aromatic N) is 9. The number of aromatic nitrogens is 6. The van der Waals surface area contributed by atoms with E-state index in [1.165, 1.54) is 10.6 Å². The second-order valence-corrected chi connectivity index (χ2v) is 18.0. The van der Waals surface area contributed by atoms with Crippen LogP contribution in [0, 0.1) is 12.8 Å². The zero-order valence-corrected chi connectivity index (χ0v) is 36.5. The van der Waals surface area contributed by atoms with Crippen LogP contribution in [0.4, 0.5) is 22.0 Å². The summed E-state index contributed by atoms with van der Waals surface area (Å²) in [5.74, 6) is 1.02. The van der Waals surface area contributed by atoms with Crippen LogP contribution in [0.5, 0.6) is 0 Å². The fraction of sp³-hybridized carbons (Fsp3) is 0.404. The number of anilines is 3. The molecule has 3 N–H and O–H groups in total. The van der Waals surface area contributed by atoms with E-state index >= 15 is 0 Å². The number of benzene rings is 2. The highest BCUT2D eigenvalue weighted by Gasteiger charge is 2.28. The Hall–Kier alpha value is -6.68. The van der Waals surface area contributed by atoms with Crippen LogP contribution < -0.4 is 25.3 Å². The van der Waals surface area contributed by atoms with E-state index < -0.39 is 11.9 Å². The summed E-state index contributed by atoms with van der Waals surface area (Å²) in [7, 11) is 0. The van der Waals surface area contributed by atoms with Crippen molar-refractivity contribution in [2.24, 2.45) is 5.92 Å². The van der Waals surface area contributed by atoms with Crippen molar-refractivity contribution in [3.63, 3.8) is 0 Å². The number of urea groups is 1. The van der Waals surface area contributed by atoms with Gasteiger partial charge in [-0.1, -0.05) is 50.2 Å². The molecule has 0 bridgehead atoms. The number of imide groups is 1. The molecule has 0 saturated carbocycles. The Morgan fingerprint density at radius 2 is 1.60 bits per heavy atom. The van der Waals surface area contributed by atoms with Crippen LogP contribution in [-0.2, 0) is 10.2 Å². The van der Waals surface area contributed by atoms with Crippen LogP contribution >= 0.6 is 0 Å². The van der Waals surface area contributed by atoms with Crippen LogP contribution in [0.3, 0.4) is 0 Å². The number of amides is 4. The highest BCUT2D eigenvalue weighted by molar-refractivity contribution is 6.05. The van der Waals surface area contributed by atoms with Gasteiger partial charge in [0.05, 0.1) is 23.6 Å². The number of piperidine rings is 1. The van der Waals surface area contributed by atoms with Gasteiger partial charge in [0.1, 0.15) is 17.8 Å². The third-order valence-electron chi connectivity index (χ3n) is 12.5. The van der Waals surface area contributed by atoms with Crippen LogP contribution in [0.2, 0.25) is 0 Å². The van der Waals surface area contributed by atoms with Crippen LogP contribution in [-0.4, -0.2) is 105 Å². The molecule has 4 amide bonds. The Labute approximate surface area is 366 Å². The van der Waals surface area contributed by atoms with Crippen molar-refractivity contribution in [1.29, 1.82) is 0 Å². The number of nitrogens with one attached hydrogen (secondary N) is 3. The minimum Gasteiger partial charge on any atom is -0.370 e. The van der Waals surface area contributed by atoms with E-state index in [1.54, 1.807) is 6.33 Å². The van der Waals surface area contributed by atoms with Gasteiger partial charge in [0, 0.05) is 86.5 Å². The first-order valence-corrected chi connectivity index (χ1v) is 21.9. The van der Waals surface area contributed by atoms with E-state index in [1.807, 2.05) is 65.1 Å². The fourth-order valence-electron chi connectivity index (χ4n) is 8.88. The summed E-state index contributed by atoms with van der Waals surface area (Å²) in [6, 6.07) is 20.3. The average Bonchev–Trinajstić information content (AvgIpc) is 3.97. The molecule has 1 atom stereocenters. The summed E-state index contributed by atoms with van der Waals surface area (Å²) >= 11 is 0. The monoisotopic (exact) mass is 850 g/mol. The minimum atomic E-state index is -0.412. The predicted octanol–water partition coefficient (Wildman–Crippen LogP) is 6.65. The van der Waals surface area contributed by atoms with E-state index in [9.17, 15) is 14.4 Å². The maximum absolute atomic E-state index is 12.9. The second-order valence-electron chi connectivity index (χ2n) is 18.0. The largest absolute Gasteiger partial charge is 0.370 e. The van der Waals surface area contributed by atoms with Gasteiger partial charge >= 0.3 is 17.8 Å². The molecule has 2 aromatic carbocycles. The van der Waals surface area contributed by atoms with Gasteiger partial charge in [-0.25, -0.2) is 19.7 Å².